The van der Waals surface area contributed by atoms with Crippen molar-refractivity contribution < 1.29 is 14.7 Å². The number of aromatic hydroxyl groups is 1. The summed E-state index contributed by atoms with van der Waals surface area (Å²) in [7, 11) is 0. The quantitative estimate of drug-likeness (QED) is 0.180. The van der Waals surface area contributed by atoms with Gasteiger partial charge in [0.15, 0.2) is 0 Å². The maximum Gasteiger partial charge on any atom is 0.271 e. The molecule has 0 aromatic heterocycles. The van der Waals surface area contributed by atoms with Gasteiger partial charge in [0.2, 0.25) is 5.91 Å². The van der Waals surface area contributed by atoms with Crippen molar-refractivity contribution in [3.05, 3.63) is 110 Å². The van der Waals surface area contributed by atoms with Gasteiger partial charge in [-0.05, 0) is 58.7 Å². The standard InChI is InChI=1S/C28H22Cl3N3O3/c29-23-6-3-7-24(30)22(23)12-13-32-27(36)15-17-8-9-19(21-5-2-1-4-20(17)21)16-33-34-28(37)18-10-11-26(35)25(31)14-18/h1-11,14,16,35H,12-13,15H2,(H,32,36)(H,34,37). The van der Waals surface area contributed by atoms with Crippen LogP contribution in [0, 0.1) is 0 Å². The number of hydrazone groups is 1. The molecule has 0 radical (unpaired) electrons. The van der Waals surface area contributed by atoms with E-state index in [-0.39, 0.29) is 28.7 Å². The van der Waals surface area contributed by atoms with Crippen LogP contribution in [0.2, 0.25) is 15.1 Å². The fraction of sp³-hybridized carbons (Fsp3) is 0.107. The van der Waals surface area contributed by atoms with E-state index in [4.69, 9.17) is 34.8 Å². The molecule has 0 saturated heterocycles. The minimum Gasteiger partial charge on any atom is -0.506 e. The zero-order valence-electron chi connectivity index (χ0n) is 19.5. The normalized spacial score (nSPS) is 11.1. The van der Waals surface area contributed by atoms with E-state index >= 15 is 0 Å². The van der Waals surface area contributed by atoms with Crippen LogP contribution in [0.3, 0.4) is 0 Å². The van der Waals surface area contributed by atoms with E-state index in [1.807, 2.05) is 36.4 Å². The number of halogens is 3. The Hall–Kier alpha value is -3.58. The molecule has 37 heavy (non-hydrogen) atoms. The summed E-state index contributed by atoms with van der Waals surface area (Å²) >= 11 is 18.3. The van der Waals surface area contributed by atoms with Crippen molar-refractivity contribution >= 4 is 63.6 Å². The molecule has 0 aliphatic rings. The highest BCUT2D eigenvalue weighted by molar-refractivity contribution is 6.36. The monoisotopic (exact) mass is 553 g/mol. The summed E-state index contributed by atoms with van der Waals surface area (Å²) in [6.45, 7) is 0.414. The minimum atomic E-state index is -0.464. The van der Waals surface area contributed by atoms with Crippen LogP contribution >= 0.6 is 34.8 Å². The summed E-state index contributed by atoms with van der Waals surface area (Å²) in [6.07, 6.45) is 2.27. The fourth-order valence-corrected chi connectivity index (χ4v) is 4.63. The van der Waals surface area contributed by atoms with Crippen molar-refractivity contribution in [3.63, 3.8) is 0 Å². The van der Waals surface area contributed by atoms with Crippen LogP contribution in [-0.4, -0.2) is 29.7 Å². The lowest BCUT2D eigenvalue weighted by molar-refractivity contribution is -0.120. The highest BCUT2D eigenvalue weighted by Crippen LogP contribution is 2.25. The number of carbonyl (C=O) groups excluding carboxylic acids is 2. The summed E-state index contributed by atoms with van der Waals surface area (Å²) in [4.78, 5) is 25.0. The third kappa shape index (κ3) is 6.60. The van der Waals surface area contributed by atoms with Crippen LogP contribution < -0.4 is 10.7 Å². The van der Waals surface area contributed by atoms with Gasteiger partial charge in [0.1, 0.15) is 5.75 Å². The molecule has 0 atom stereocenters. The van der Waals surface area contributed by atoms with E-state index in [0.717, 1.165) is 27.5 Å². The topological polar surface area (TPSA) is 90.8 Å². The summed E-state index contributed by atoms with van der Waals surface area (Å²) in [6, 6.07) is 20.9. The zero-order chi connectivity index (χ0) is 26.4. The molecule has 3 N–H and O–H groups in total. The number of carbonyl (C=O) groups is 2. The Bertz CT molecular complexity index is 1480. The lowest BCUT2D eigenvalue weighted by atomic mass is 9.98. The SMILES string of the molecule is O=C(Cc1ccc(C=NNC(=O)c2ccc(O)c(Cl)c2)c2ccccc12)NCCc1c(Cl)cccc1Cl. The molecule has 0 heterocycles. The number of phenols is 1. The van der Waals surface area contributed by atoms with Crippen molar-refractivity contribution in [2.75, 3.05) is 6.54 Å². The molecule has 0 bridgehead atoms. The molecule has 4 aromatic carbocycles. The number of benzene rings is 4. The summed E-state index contributed by atoms with van der Waals surface area (Å²) in [5.41, 5.74) is 5.17. The Labute approximate surface area is 228 Å². The molecule has 0 saturated carbocycles. The van der Waals surface area contributed by atoms with Gasteiger partial charge >= 0.3 is 0 Å². The van der Waals surface area contributed by atoms with E-state index in [0.29, 0.717) is 23.0 Å². The number of rotatable bonds is 8. The van der Waals surface area contributed by atoms with Crippen LogP contribution in [0.25, 0.3) is 10.8 Å². The molecule has 9 heteroatoms. The molecule has 4 aromatic rings. The third-order valence-corrected chi connectivity index (χ3v) is 6.75. The molecule has 0 fully saturated rings. The van der Waals surface area contributed by atoms with E-state index in [1.165, 1.54) is 18.2 Å². The molecule has 188 valence electrons. The molecular formula is C28H22Cl3N3O3. The van der Waals surface area contributed by atoms with Crippen LogP contribution in [-0.2, 0) is 17.6 Å². The van der Waals surface area contributed by atoms with E-state index < -0.39 is 5.91 Å². The Morgan fingerprint density at radius 1 is 0.865 bits per heavy atom. The number of amides is 2. The first kappa shape index (κ1) is 26.5. The van der Waals surface area contributed by atoms with Gasteiger partial charge in [-0.1, -0.05) is 77.3 Å². The molecule has 0 spiro atoms. The fourth-order valence-electron chi connectivity index (χ4n) is 3.86. The summed E-state index contributed by atoms with van der Waals surface area (Å²) < 4.78 is 0. The van der Waals surface area contributed by atoms with Crippen molar-refractivity contribution in [2.24, 2.45) is 5.10 Å². The second kappa shape index (κ2) is 12.1. The van der Waals surface area contributed by atoms with Gasteiger partial charge in [-0.3, -0.25) is 9.59 Å². The summed E-state index contributed by atoms with van der Waals surface area (Å²) in [5.74, 6) is -0.685. The number of hydrogen-bond acceptors (Lipinski definition) is 4. The number of fused-ring (bicyclic) bond motifs is 1. The maximum atomic E-state index is 12.7. The average molecular weight is 555 g/mol. The van der Waals surface area contributed by atoms with Crippen molar-refractivity contribution in [2.45, 2.75) is 12.8 Å². The Kier molecular flexibility index (Phi) is 8.66. The van der Waals surface area contributed by atoms with Crippen LogP contribution in [0.4, 0.5) is 0 Å². The molecule has 6 nitrogen and oxygen atoms in total. The van der Waals surface area contributed by atoms with Gasteiger partial charge in [-0.25, -0.2) is 5.43 Å². The maximum absolute atomic E-state index is 12.7. The largest absolute Gasteiger partial charge is 0.506 e. The van der Waals surface area contributed by atoms with Gasteiger partial charge in [0.05, 0.1) is 17.7 Å². The van der Waals surface area contributed by atoms with E-state index in [1.54, 1.807) is 24.4 Å². The van der Waals surface area contributed by atoms with Gasteiger partial charge in [-0.2, -0.15) is 5.10 Å². The highest BCUT2D eigenvalue weighted by atomic mass is 35.5. The molecule has 0 aliphatic heterocycles. The molecule has 4 rings (SSSR count). The van der Waals surface area contributed by atoms with Crippen molar-refractivity contribution in [1.82, 2.24) is 10.7 Å². The number of nitrogens with one attached hydrogen (secondary N) is 2. The summed E-state index contributed by atoms with van der Waals surface area (Å²) in [5, 5.41) is 19.5. The first-order valence-electron chi connectivity index (χ1n) is 11.4. The zero-order valence-corrected chi connectivity index (χ0v) is 21.7. The van der Waals surface area contributed by atoms with Crippen molar-refractivity contribution in [1.29, 1.82) is 0 Å². The van der Waals surface area contributed by atoms with Gasteiger partial charge in [0, 0.05) is 27.7 Å². The average Bonchev–Trinajstić information content (AvgIpc) is 2.88. The number of phenolic OH excluding ortho intramolecular Hbond substituents is 1. The predicted octanol–water partition coefficient (Wildman–Crippen LogP) is 6.17. The highest BCUT2D eigenvalue weighted by Gasteiger charge is 2.11. The van der Waals surface area contributed by atoms with Crippen LogP contribution in [0.15, 0.2) is 77.9 Å². The molecule has 0 aliphatic carbocycles. The molecular weight excluding hydrogens is 533 g/mol. The lowest BCUT2D eigenvalue weighted by Crippen LogP contribution is -2.27. The predicted molar refractivity (Wildman–Crippen MR) is 149 cm³/mol. The second-order valence-corrected chi connectivity index (χ2v) is 9.42. The Morgan fingerprint density at radius 2 is 1.59 bits per heavy atom. The third-order valence-electron chi connectivity index (χ3n) is 5.74. The number of hydrogen-bond donors (Lipinski definition) is 3. The second-order valence-electron chi connectivity index (χ2n) is 8.20. The molecule has 0 unspecified atom stereocenters. The van der Waals surface area contributed by atoms with E-state index in [2.05, 4.69) is 15.8 Å². The number of nitrogens with zero attached hydrogens (tertiary/aromatic N) is 1. The van der Waals surface area contributed by atoms with Crippen LogP contribution in [0.5, 0.6) is 5.75 Å². The minimum absolute atomic E-state index is 0.0786. The first-order chi connectivity index (χ1) is 17.8. The van der Waals surface area contributed by atoms with Gasteiger partial charge < -0.3 is 10.4 Å². The first-order valence-corrected chi connectivity index (χ1v) is 12.5. The van der Waals surface area contributed by atoms with E-state index in [9.17, 15) is 14.7 Å². The molecule has 2 amide bonds. The van der Waals surface area contributed by atoms with Gasteiger partial charge in [0.25, 0.3) is 5.91 Å². The smallest absolute Gasteiger partial charge is 0.271 e. The Balaban J connectivity index is 1.42. The lowest BCUT2D eigenvalue weighted by Gasteiger charge is -2.11. The van der Waals surface area contributed by atoms with Gasteiger partial charge in [-0.15, -0.1) is 0 Å². The Morgan fingerprint density at radius 3 is 2.32 bits per heavy atom. The van der Waals surface area contributed by atoms with Crippen molar-refractivity contribution in [3.8, 4) is 5.75 Å². The van der Waals surface area contributed by atoms with Crippen LogP contribution in [0.1, 0.15) is 27.0 Å².